The lowest BCUT2D eigenvalue weighted by Gasteiger charge is -2.09. The molecule has 136 valence electrons. The minimum Gasteiger partial charge on any atom is -0.465 e. The number of methoxy groups -OCH3 is 1. The molecule has 0 spiro atoms. The molecule has 6 nitrogen and oxygen atoms in total. The number of esters is 1. The van der Waals surface area contributed by atoms with Crippen molar-refractivity contribution in [1.29, 1.82) is 0 Å². The number of carbonyl (C=O) groups excluding carboxylic acids is 1. The van der Waals surface area contributed by atoms with Gasteiger partial charge in [0.1, 0.15) is 4.88 Å². The number of hydrogen-bond acceptors (Lipinski definition) is 5. The Hall–Kier alpha value is -2.16. The molecule has 0 saturated carbocycles. The quantitative estimate of drug-likeness (QED) is 0.490. The third-order valence-corrected chi connectivity index (χ3v) is 5.59. The van der Waals surface area contributed by atoms with Gasteiger partial charge in [0, 0.05) is 28.5 Å². The summed E-state index contributed by atoms with van der Waals surface area (Å²) in [6, 6.07) is 7.57. The van der Waals surface area contributed by atoms with Gasteiger partial charge >= 0.3 is 5.97 Å². The SMILES string of the molecule is CCn1ccc(CNC(=S)Nc2ccc3c(Cl)c(C(=O)OC)sc3c2)n1. The maximum absolute atomic E-state index is 11.8. The summed E-state index contributed by atoms with van der Waals surface area (Å²) in [7, 11) is 1.34. The molecule has 0 amide bonds. The molecule has 0 unspecified atom stereocenters. The van der Waals surface area contributed by atoms with Crippen LogP contribution >= 0.6 is 35.2 Å². The van der Waals surface area contributed by atoms with Crippen molar-refractivity contribution < 1.29 is 9.53 Å². The van der Waals surface area contributed by atoms with Crippen LogP contribution in [-0.4, -0.2) is 28.0 Å². The number of nitrogens with one attached hydrogen (secondary N) is 2. The molecule has 26 heavy (non-hydrogen) atoms. The fourth-order valence-electron chi connectivity index (χ4n) is 2.39. The van der Waals surface area contributed by atoms with Crippen LogP contribution in [0.3, 0.4) is 0 Å². The van der Waals surface area contributed by atoms with Gasteiger partial charge in [0.05, 0.1) is 24.4 Å². The van der Waals surface area contributed by atoms with E-state index in [1.165, 1.54) is 18.4 Å². The first-order valence-electron chi connectivity index (χ1n) is 7.89. The van der Waals surface area contributed by atoms with Gasteiger partial charge in [0.2, 0.25) is 0 Å². The lowest BCUT2D eigenvalue weighted by molar-refractivity contribution is 0.0606. The number of ether oxygens (including phenoxy) is 1. The number of aryl methyl sites for hydroxylation is 1. The third-order valence-electron chi connectivity index (χ3n) is 3.71. The van der Waals surface area contributed by atoms with Crippen LogP contribution in [0.25, 0.3) is 10.1 Å². The first-order valence-corrected chi connectivity index (χ1v) is 9.49. The van der Waals surface area contributed by atoms with E-state index >= 15 is 0 Å². The van der Waals surface area contributed by atoms with Crippen molar-refractivity contribution in [3.63, 3.8) is 0 Å². The van der Waals surface area contributed by atoms with Crippen LogP contribution in [0, 0.1) is 0 Å². The van der Waals surface area contributed by atoms with Crippen LogP contribution in [0.5, 0.6) is 0 Å². The lowest BCUT2D eigenvalue weighted by Crippen LogP contribution is -2.28. The molecular formula is C17H17ClN4O2S2. The van der Waals surface area contributed by atoms with Crippen LogP contribution in [0.4, 0.5) is 5.69 Å². The summed E-state index contributed by atoms with van der Waals surface area (Å²) >= 11 is 12.9. The van der Waals surface area contributed by atoms with E-state index in [2.05, 4.69) is 15.7 Å². The molecule has 2 N–H and O–H groups in total. The minimum absolute atomic E-state index is 0.397. The molecule has 0 bridgehead atoms. The van der Waals surface area contributed by atoms with E-state index in [9.17, 15) is 4.79 Å². The van der Waals surface area contributed by atoms with Crippen molar-refractivity contribution in [3.8, 4) is 0 Å². The molecule has 3 rings (SSSR count). The van der Waals surface area contributed by atoms with Gasteiger partial charge in [-0.15, -0.1) is 11.3 Å². The number of thiophene rings is 1. The van der Waals surface area contributed by atoms with Gasteiger partial charge < -0.3 is 15.4 Å². The summed E-state index contributed by atoms with van der Waals surface area (Å²) in [6.45, 7) is 3.41. The number of carbonyl (C=O) groups is 1. The topological polar surface area (TPSA) is 68.2 Å². The molecule has 0 saturated heterocycles. The first-order chi connectivity index (χ1) is 12.5. The van der Waals surface area contributed by atoms with Crippen molar-refractivity contribution >= 4 is 62.0 Å². The number of thiocarbonyl (C=S) groups is 1. The van der Waals surface area contributed by atoms with E-state index in [-0.39, 0.29) is 0 Å². The second-order valence-corrected chi connectivity index (χ2v) is 7.26. The molecule has 3 aromatic rings. The number of hydrogen-bond donors (Lipinski definition) is 2. The average Bonchev–Trinajstić information content (AvgIpc) is 3.23. The number of fused-ring (bicyclic) bond motifs is 1. The number of benzene rings is 1. The number of halogens is 1. The zero-order valence-corrected chi connectivity index (χ0v) is 16.6. The summed E-state index contributed by atoms with van der Waals surface area (Å²) in [4.78, 5) is 12.2. The molecule has 0 aliphatic heterocycles. The highest BCUT2D eigenvalue weighted by molar-refractivity contribution is 7.80. The normalized spacial score (nSPS) is 10.7. The smallest absolute Gasteiger partial charge is 0.349 e. The molecular weight excluding hydrogens is 392 g/mol. The molecule has 0 radical (unpaired) electrons. The number of nitrogens with zero attached hydrogens (tertiary/aromatic N) is 2. The third kappa shape index (κ3) is 3.98. The standard InChI is InChI=1S/C17H17ClN4O2S2/c1-3-22-7-6-11(21-22)9-19-17(25)20-10-4-5-12-13(8-10)26-15(14(12)18)16(23)24-2/h4-8H,3,9H2,1-2H3,(H2,19,20,25). The van der Waals surface area contributed by atoms with Crippen molar-refractivity contribution in [2.24, 2.45) is 0 Å². The molecule has 0 fully saturated rings. The van der Waals surface area contributed by atoms with Gasteiger partial charge in [-0.2, -0.15) is 5.10 Å². The van der Waals surface area contributed by atoms with E-state index in [0.29, 0.717) is 21.6 Å². The van der Waals surface area contributed by atoms with Gasteiger partial charge in [-0.1, -0.05) is 11.6 Å². The average molecular weight is 409 g/mol. The lowest BCUT2D eigenvalue weighted by atomic mass is 10.2. The summed E-state index contributed by atoms with van der Waals surface area (Å²) < 4.78 is 7.50. The zero-order valence-electron chi connectivity index (χ0n) is 14.2. The van der Waals surface area contributed by atoms with Gasteiger partial charge in [-0.25, -0.2) is 4.79 Å². The van der Waals surface area contributed by atoms with E-state index in [0.717, 1.165) is 28.0 Å². The fraction of sp³-hybridized carbons (Fsp3) is 0.235. The fourth-order valence-corrected chi connectivity index (χ4v) is 4.04. The second kappa shape index (κ2) is 8.03. The Morgan fingerprint density at radius 3 is 2.92 bits per heavy atom. The van der Waals surface area contributed by atoms with Crippen LogP contribution in [-0.2, 0) is 17.8 Å². The largest absolute Gasteiger partial charge is 0.465 e. The molecule has 0 aliphatic carbocycles. The summed E-state index contributed by atoms with van der Waals surface area (Å²) in [5, 5.41) is 12.4. The highest BCUT2D eigenvalue weighted by Gasteiger charge is 2.17. The number of aromatic nitrogens is 2. The van der Waals surface area contributed by atoms with Crippen LogP contribution < -0.4 is 10.6 Å². The Kier molecular flexibility index (Phi) is 5.75. The van der Waals surface area contributed by atoms with Gasteiger partial charge in [-0.05, 0) is 43.4 Å². The Morgan fingerprint density at radius 2 is 2.23 bits per heavy atom. The predicted octanol–water partition coefficient (Wildman–Crippen LogP) is 4.04. The Labute approximate surface area is 165 Å². The van der Waals surface area contributed by atoms with Crippen molar-refractivity contribution in [3.05, 3.63) is 46.1 Å². The summed E-state index contributed by atoms with van der Waals surface area (Å²) in [5.74, 6) is -0.436. The highest BCUT2D eigenvalue weighted by Crippen LogP contribution is 2.37. The van der Waals surface area contributed by atoms with Crippen LogP contribution in [0.2, 0.25) is 5.02 Å². The molecule has 2 heterocycles. The van der Waals surface area contributed by atoms with Crippen molar-refractivity contribution in [1.82, 2.24) is 15.1 Å². The van der Waals surface area contributed by atoms with E-state index in [4.69, 9.17) is 28.6 Å². The Morgan fingerprint density at radius 1 is 1.42 bits per heavy atom. The second-order valence-electron chi connectivity index (χ2n) is 5.42. The van der Waals surface area contributed by atoms with E-state index in [1.54, 1.807) is 0 Å². The zero-order chi connectivity index (χ0) is 18.7. The van der Waals surface area contributed by atoms with Gasteiger partial charge in [0.15, 0.2) is 5.11 Å². The van der Waals surface area contributed by atoms with Gasteiger partial charge in [0.25, 0.3) is 0 Å². The minimum atomic E-state index is -0.436. The van der Waals surface area contributed by atoms with Crippen LogP contribution in [0.15, 0.2) is 30.5 Å². The number of anilines is 1. The summed E-state index contributed by atoms with van der Waals surface area (Å²) in [5.41, 5.74) is 1.72. The molecule has 1 aromatic carbocycles. The van der Waals surface area contributed by atoms with Gasteiger partial charge in [-0.3, -0.25) is 4.68 Å². The number of rotatable bonds is 5. The Balaban J connectivity index is 1.68. The van der Waals surface area contributed by atoms with Crippen molar-refractivity contribution in [2.45, 2.75) is 20.0 Å². The molecule has 9 heteroatoms. The molecule has 0 atom stereocenters. The maximum atomic E-state index is 11.8. The maximum Gasteiger partial charge on any atom is 0.349 e. The monoisotopic (exact) mass is 408 g/mol. The van der Waals surface area contributed by atoms with E-state index in [1.807, 2.05) is 42.1 Å². The Bertz CT molecular complexity index is 967. The predicted molar refractivity (Wildman–Crippen MR) is 109 cm³/mol. The van der Waals surface area contributed by atoms with Crippen LogP contribution in [0.1, 0.15) is 22.3 Å². The van der Waals surface area contributed by atoms with E-state index < -0.39 is 5.97 Å². The first kappa shape index (κ1) is 18.6. The molecule has 2 aromatic heterocycles. The highest BCUT2D eigenvalue weighted by atomic mass is 35.5. The van der Waals surface area contributed by atoms with Crippen molar-refractivity contribution in [2.75, 3.05) is 12.4 Å². The summed E-state index contributed by atoms with van der Waals surface area (Å²) in [6.07, 6.45) is 1.93. The molecule has 0 aliphatic rings.